The van der Waals surface area contributed by atoms with Crippen molar-refractivity contribution in [3.8, 4) is 0 Å². The summed E-state index contributed by atoms with van der Waals surface area (Å²) in [6.45, 7) is 0. The maximum absolute atomic E-state index is 10.5. The summed E-state index contributed by atoms with van der Waals surface area (Å²) in [6.07, 6.45) is 0. The minimum absolute atomic E-state index is 0.183. The topological polar surface area (TPSA) is 37.3 Å². The normalized spacial score (nSPS) is 9.83. The van der Waals surface area contributed by atoms with E-state index in [9.17, 15) is 4.79 Å². The predicted molar refractivity (Wildman–Crippen MR) is 50.1 cm³/mol. The van der Waals surface area contributed by atoms with Crippen molar-refractivity contribution in [3.05, 3.63) is 28.8 Å². The van der Waals surface area contributed by atoms with E-state index in [1.807, 2.05) is 0 Å². The molecule has 0 unspecified atom stereocenters. The molecular weight excluding hydrogens is 219 g/mol. The zero-order chi connectivity index (χ0) is 9.14. The number of carboxylic acid groups (broad SMARTS) is 1. The lowest BCUT2D eigenvalue weighted by Gasteiger charge is -1.99. The fourth-order valence-corrected chi connectivity index (χ4v) is 1.74. The van der Waals surface area contributed by atoms with Gasteiger partial charge < -0.3 is 5.11 Å². The van der Waals surface area contributed by atoms with Crippen LogP contribution in [-0.2, 0) is 0 Å². The van der Waals surface area contributed by atoms with Crippen molar-refractivity contribution in [1.29, 1.82) is 0 Å². The first kappa shape index (κ1) is 9.71. The molecule has 1 aromatic carbocycles. The highest BCUT2D eigenvalue weighted by molar-refractivity contribution is 8.21. The van der Waals surface area contributed by atoms with Gasteiger partial charge in [0.25, 0.3) is 0 Å². The van der Waals surface area contributed by atoms with Crippen LogP contribution in [0.3, 0.4) is 0 Å². The summed E-state index contributed by atoms with van der Waals surface area (Å²) >= 11 is 5.70. The SMILES string of the molecule is O=C(O)c1ccc(Cl)c(SCl)c1. The van der Waals surface area contributed by atoms with Gasteiger partial charge in [0.05, 0.1) is 10.6 Å². The quantitative estimate of drug-likeness (QED) is 0.835. The highest BCUT2D eigenvalue weighted by atomic mass is 35.7. The molecule has 2 nitrogen and oxygen atoms in total. The molecule has 0 heterocycles. The number of halogens is 2. The van der Waals surface area contributed by atoms with Gasteiger partial charge >= 0.3 is 5.97 Å². The smallest absolute Gasteiger partial charge is 0.335 e. The summed E-state index contributed by atoms with van der Waals surface area (Å²) in [5.41, 5.74) is 0.183. The third-order valence-electron chi connectivity index (χ3n) is 1.26. The van der Waals surface area contributed by atoms with Crippen molar-refractivity contribution < 1.29 is 9.90 Å². The second-order valence-corrected chi connectivity index (χ2v) is 3.49. The van der Waals surface area contributed by atoms with Gasteiger partial charge in [-0.3, -0.25) is 0 Å². The van der Waals surface area contributed by atoms with E-state index in [2.05, 4.69) is 0 Å². The number of benzene rings is 1. The summed E-state index contributed by atoms with van der Waals surface area (Å²) < 4.78 is 0. The molecule has 0 aliphatic heterocycles. The van der Waals surface area contributed by atoms with E-state index in [0.717, 1.165) is 11.0 Å². The van der Waals surface area contributed by atoms with E-state index in [1.54, 1.807) is 0 Å². The Morgan fingerprint density at radius 1 is 1.50 bits per heavy atom. The zero-order valence-corrected chi connectivity index (χ0v) is 8.08. The van der Waals surface area contributed by atoms with E-state index in [1.165, 1.54) is 18.2 Å². The van der Waals surface area contributed by atoms with Crippen molar-refractivity contribution >= 4 is 39.2 Å². The highest BCUT2D eigenvalue weighted by Gasteiger charge is 2.06. The van der Waals surface area contributed by atoms with Crippen LogP contribution in [0.5, 0.6) is 0 Å². The molecule has 1 aromatic rings. The molecule has 1 rings (SSSR count). The van der Waals surface area contributed by atoms with Gasteiger partial charge in [-0.15, -0.1) is 0 Å². The summed E-state index contributed by atoms with van der Waals surface area (Å²) in [6, 6.07) is 4.37. The Bertz CT molecular complexity index is 314. The lowest BCUT2D eigenvalue weighted by molar-refractivity contribution is 0.0696. The molecule has 1 N–H and O–H groups in total. The Balaban J connectivity index is 3.13. The molecule has 64 valence electrons. The van der Waals surface area contributed by atoms with Gasteiger partial charge in [0.15, 0.2) is 0 Å². The second kappa shape index (κ2) is 4.03. The molecule has 0 aliphatic rings. The van der Waals surface area contributed by atoms with Gasteiger partial charge in [0, 0.05) is 4.90 Å². The summed E-state index contributed by atoms with van der Waals surface area (Å²) in [5, 5.41) is 9.06. The Morgan fingerprint density at radius 2 is 2.17 bits per heavy atom. The molecule has 0 bridgehead atoms. The van der Waals surface area contributed by atoms with Gasteiger partial charge in [-0.2, -0.15) is 0 Å². The molecular formula is C7H4Cl2O2S. The number of aromatic carboxylic acids is 1. The number of hydrogen-bond donors (Lipinski definition) is 1. The minimum Gasteiger partial charge on any atom is -0.478 e. The van der Waals surface area contributed by atoms with Crippen LogP contribution >= 0.6 is 33.3 Å². The van der Waals surface area contributed by atoms with E-state index in [0.29, 0.717) is 9.92 Å². The number of hydrogen-bond acceptors (Lipinski definition) is 2. The lowest BCUT2D eigenvalue weighted by Crippen LogP contribution is -1.95. The average molecular weight is 223 g/mol. The molecule has 5 heteroatoms. The van der Waals surface area contributed by atoms with Gasteiger partial charge in [-0.25, -0.2) is 4.79 Å². The third kappa shape index (κ3) is 2.06. The first-order valence-electron chi connectivity index (χ1n) is 2.96. The van der Waals surface area contributed by atoms with Crippen LogP contribution in [0.25, 0.3) is 0 Å². The standard InChI is InChI=1S/C7H4Cl2O2S/c8-5-2-1-4(7(10)11)3-6(5)12-9/h1-3H,(H,10,11). The molecule has 0 atom stereocenters. The molecule has 0 amide bonds. The van der Waals surface area contributed by atoms with Crippen LogP contribution in [0.4, 0.5) is 0 Å². The third-order valence-corrected chi connectivity index (χ3v) is 2.71. The Labute approximate surface area is 83.0 Å². The van der Waals surface area contributed by atoms with Crippen LogP contribution in [0.1, 0.15) is 10.4 Å². The lowest BCUT2D eigenvalue weighted by atomic mass is 10.2. The van der Waals surface area contributed by atoms with Gasteiger partial charge in [-0.1, -0.05) is 11.6 Å². The van der Waals surface area contributed by atoms with Crippen LogP contribution in [-0.4, -0.2) is 11.1 Å². The summed E-state index contributed by atoms with van der Waals surface area (Å²) in [4.78, 5) is 11.0. The van der Waals surface area contributed by atoms with E-state index >= 15 is 0 Å². The first-order chi connectivity index (χ1) is 5.65. The Kier molecular flexibility index (Phi) is 3.26. The van der Waals surface area contributed by atoms with E-state index < -0.39 is 5.97 Å². The number of carboxylic acids is 1. The molecule has 0 saturated heterocycles. The van der Waals surface area contributed by atoms with Gasteiger partial charge in [-0.05, 0) is 39.9 Å². The van der Waals surface area contributed by atoms with Gasteiger partial charge in [0.2, 0.25) is 0 Å². The summed E-state index contributed by atoms with van der Waals surface area (Å²) in [7, 11) is 6.35. The second-order valence-electron chi connectivity index (χ2n) is 2.03. The summed E-state index contributed by atoms with van der Waals surface area (Å²) in [5.74, 6) is -0.987. The molecule has 0 spiro atoms. The van der Waals surface area contributed by atoms with Crippen molar-refractivity contribution in [1.82, 2.24) is 0 Å². The van der Waals surface area contributed by atoms with Crippen molar-refractivity contribution in [2.45, 2.75) is 4.90 Å². The fourth-order valence-electron chi connectivity index (χ4n) is 0.696. The van der Waals surface area contributed by atoms with Gasteiger partial charge in [0.1, 0.15) is 0 Å². The minimum atomic E-state index is -0.987. The Hall–Kier alpha value is -0.380. The molecule has 0 radical (unpaired) electrons. The molecule has 0 fully saturated rings. The largest absolute Gasteiger partial charge is 0.478 e. The highest BCUT2D eigenvalue weighted by Crippen LogP contribution is 2.30. The molecule has 0 aromatic heterocycles. The number of rotatable bonds is 2. The van der Waals surface area contributed by atoms with Crippen LogP contribution in [0, 0.1) is 0 Å². The van der Waals surface area contributed by atoms with Crippen LogP contribution < -0.4 is 0 Å². The average Bonchev–Trinajstić information content (AvgIpc) is 2.05. The van der Waals surface area contributed by atoms with Crippen LogP contribution in [0.15, 0.2) is 23.1 Å². The number of carbonyl (C=O) groups is 1. The maximum Gasteiger partial charge on any atom is 0.335 e. The molecule has 0 aliphatic carbocycles. The Morgan fingerprint density at radius 3 is 2.67 bits per heavy atom. The van der Waals surface area contributed by atoms with E-state index in [4.69, 9.17) is 27.4 Å². The van der Waals surface area contributed by atoms with Crippen molar-refractivity contribution in [2.75, 3.05) is 0 Å². The van der Waals surface area contributed by atoms with Crippen LogP contribution in [0.2, 0.25) is 5.02 Å². The van der Waals surface area contributed by atoms with Crippen molar-refractivity contribution in [3.63, 3.8) is 0 Å². The van der Waals surface area contributed by atoms with E-state index in [-0.39, 0.29) is 5.56 Å². The monoisotopic (exact) mass is 222 g/mol. The molecule has 12 heavy (non-hydrogen) atoms. The maximum atomic E-state index is 10.5. The molecule has 0 saturated carbocycles. The fraction of sp³-hybridized carbons (Fsp3) is 0. The van der Waals surface area contributed by atoms with Crippen molar-refractivity contribution in [2.24, 2.45) is 0 Å². The predicted octanol–water partition coefficient (Wildman–Crippen LogP) is 3.28. The zero-order valence-electron chi connectivity index (χ0n) is 5.75. The first-order valence-corrected chi connectivity index (χ1v) is 4.98.